The van der Waals surface area contributed by atoms with Crippen molar-refractivity contribution in [2.24, 2.45) is 0 Å². The first-order valence-electron chi connectivity index (χ1n) is 8.92. The molecule has 1 aromatic rings. The van der Waals surface area contributed by atoms with E-state index in [0.717, 1.165) is 0 Å². The summed E-state index contributed by atoms with van der Waals surface area (Å²) in [6, 6.07) is 1.22. The first-order chi connectivity index (χ1) is 12.4. The number of piperidine rings is 1. The predicted octanol–water partition coefficient (Wildman–Crippen LogP) is 1.01. The van der Waals surface area contributed by atoms with Crippen LogP contribution in [0.2, 0.25) is 0 Å². The molecule has 1 aromatic heterocycles. The molecule has 0 bridgehead atoms. The number of aromatic nitrogens is 1. The average Bonchev–Trinajstić information content (AvgIpc) is 3.12. The Hall–Kier alpha value is -1.51. The Bertz CT molecular complexity index is 639. The summed E-state index contributed by atoms with van der Waals surface area (Å²) in [4.78, 5) is 29.0. The molecule has 2 aliphatic rings. The number of nitrogens with one attached hydrogen (secondary N) is 2. The van der Waals surface area contributed by atoms with Gasteiger partial charge in [0.2, 0.25) is 5.91 Å². The molecule has 7 nitrogen and oxygen atoms in total. The number of nitrogens with zero attached hydrogens (tertiary/aromatic N) is 1. The van der Waals surface area contributed by atoms with Gasteiger partial charge in [-0.15, -0.1) is 0 Å². The van der Waals surface area contributed by atoms with Crippen molar-refractivity contribution >= 4 is 23.6 Å². The lowest BCUT2D eigenvalue weighted by Crippen LogP contribution is -2.64. The lowest BCUT2D eigenvalue weighted by atomic mass is 9.75. The van der Waals surface area contributed by atoms with Gasteiger partial charge in [0, 0.05) is 31.9 Å². The van der Waals surface area contributed by atoms with Crippen molar-refractivity contribution in [3.05, 3.63) is 24.0 Å². The van der Waals surface area contributed by atoms with Crippen molar-refractivity contribution in [2.45, 2.75) is 43.4 Å². The third kappa shape index (κ3) is 4.07. The predicted molar refractivity (Wildman–Crippen MR) is 100 cm³/mol. The van der Waals surface area contributed by atoms with Crippen molar-refractivity contribution in [1.29, 1.82) is 0 Å². The first kappa shape index (κ1) is 19.3. The maximum absolute atomic E-state index is 12.3. The van der Waals surface area contributed by atoms with E-state index in [-0.39, 0.29) is 18.4 Å². The molecule has 2 fully saturated rings. The molecule has 3 rings (SSSR count). The minimum Gasteiger partial charge on any atom is -0.388 e. The number of carbonyl (C=O) groups is 2. The Morgan fingerprint density at radius 2 is 2.19 bits per heavy atom. The molecule has 0 aliphatic carbocycles. The van der Waals surface area contributed by atoms with Crippen LogP contribution in [0.1, 0.15) is 36.5 Å². The summed E-state index contributed by atoms with van der Waals surface area (Å²) < 4.78 is 6.14. The SMILES string of the molecule is CSCC(=O)N1CCC2(CC1)C[C@](C)(O)[C@@H](NC(=O)c1cc[nH]c1)CO2. The quantitative estimate of drug-likeness (QED) is 0.724. The highest BCUT2D eigenvalue weighted by molar-refractivity contribution is 7.99. The summed E-state index contributed by atoms with van der Waals surface area (Å²) in [6.07, 6.45) is 7.10. The summed E-state index contributed by atoms with van der Waals surface area (Å²) in [5.74, 6) is 0.430. The molecule has 0 aromatic carbocycles. The van der Waals surface area contributed by atoms with Gasteiger partial charge in [-0.2, -0.15) is 11.8 Å². The third-order valence-electron chi connectivity index (χ3n) is 5.45. The van der Waals surface area contributed by atoms with Crippen LogP contribution in [0.4, 0.5) is 0 Å². The summed E-state index contributed by atoms with van der Waals surface area (Å²) in [6.45, 7) is 3.32. The number of likely N-dealkylation sites (tertiary alicyclic amines) is 1. The summed E-state index contributed by atoms with van der Waals surface area (Å²) in [5.41, 5.74) is -0.952. The van der Waals surface area contributed by atoms with E-state index in [2.05, 4.69) is 10.3 Å². The van der Waals surface area contributed by atoms with E-state index in [1.54, 1.807) is 25.4 Å². The molecular formula is C18H27N3O4S. The Labute approximate surface area is 157 Å². The van der Waals surface area contributed by atoms with Gasteiger partial charge in [-0.25, -0.2) is 0 Å². The molecule has 0 radical (unpaired) electrons. The van der Waals surface area contributed by atoms with E-state index in [0.29, 0.717) is 43.7 Å². The number of hydrogen-bond donors (Lipinski definition) is 3. The van der Waals surface area contributed by atoms with Crippen molar-refractivity contribution in [3.8, 4) is 0 Å². The van der Waals surface area contributed by atoms with Crippen molar-refractivity contribution in [2.75, 3.05) is 31.7 Å². The highest BCUT2D eigenvalue weighted by atomic mass is 32.2. The normalized spacial score (nSPS) is 28.1. The van der Waals surface area contributed by atoms with Gasteiger partial charge in [-0.3, -0.25) is 9.59 Å². The largest absolute Gasteiger partial charge is 0.388 e. The Kier molecular flexibility index (Phi) is 5.64. The van der Waals surface area contributed by atoms with Gasteiger partial charge >= 0.3 is 0 Å². The van der Waals surface area contributed by atoms with Gasteiger partial charge in [-0.05, 0) is 32.1 Å². The van der Waals surface area contributed by atoms with Crippen LogP contribution in [0.15, 0.2) is 18.5 Å². The van der Waals surface area contributed by atoms with Crippen LogP contribution in [0.5, 0.6) is 0 Å². The van der Waals surface area contributed by atoms with E-state index in [1.807, 2.05) is 11.2 Å². The summed E-state index contributed by atoms with van der Waals surface area (Å²) in [5, 5.41) is 13.8. The number of amides is 2. The Morgan fingerprint density at radius 1 is 1.46 bits per heavy atom. The lowest BCUT2D eigenvalue weighted by molar-refractivity contribution is -0.187. The molecule has 3 heterocycles. The molecule has 2 amide bonds. The van der Waals surface area contributed by atoms with Crippen LogP contribution in [0, 0.1) is 0 Å². The fourth-order valence-corrected chi connectivity index (χ4v) is 4.30. The molecule has 26 heavy (non-hydrogen) atoms. The monoisotopic (exact) mass is 381 g/mol. The number of aromatic amines is 1. The van der Waals surface area contributed by atoms with Crippen LogP contribution >= 0.6 is 11.8 Å². The van der Waals surface area contributed by atoms with E-state index >= 15 is 0 Å². The molecule has 0 unspecified atom stereocenters. The molecule has 0 saturated carbocycles. The fourth-order valence-electron chi connectivity index (χ4n) is 3.87. The maximum atomic E-state index is 12.3. The van der Waals surface area contributed by atoms with Gasteiger partial charge in [0.25, 0.3) is 5.91 Å². The highest BCUT2D eigenvalue weighted by Gasteiger charge is 2.49. The fraction of sp³-hybridized carbons (Fsp3) is 0.667. The zero-order valence-electron chi connectivity index (χ0n) is 15.3. The van der Waals surface area contributed by atoms with Crippen molar-refractivity contribution in [3.63, 3.8) is 0 Å². The minimum absolute atomic E-state index is 0.159. The molecule has 8 heteroatoms. The zero-order chi connectivity index (χ0) is 18.8. The van der Waals surface area contributed by atoms with Crippen LogP contribution < -0.4 is 5.32 Å². The number of ether oxygens (including phenoxy) is 1. The molecular weight excluding hydrogens is 354 g/mol. The van der Waals surface area contributed by atoms with Crippen LogP contribution in [0.3, 0.4) is 0 Å². The third-order valence-corrected chi connectivity index (χ3v) is 5.98. The second-order valence-corrected chi connectivity index (χ2v) is 8.33. The van der Waals surface area contributed by atoms with Crippen molar-refractivity contribution < 1.29 is 19.4 Å². The number of aliphatic hydroxyl groups is 1. The van der Waals surface area contributed by atoms with E-state index in [9.17, 15) is 14.7 Å². The molecule has 2 atom stereocenters. The Balaban J connectivity index is 1.58. The molecule has 3 N–H and O–H groups in total. The second kappa shape index (κ2) is 7.62. The second-order valence-electron chi connectivity index (χ2n) is 7.47. The lowest BCUT2D eigenvalue weighted by Gasteiger charge is -2.51. The smallest absolute Gasteiger partial charge is 0.253 e. The van der Waals surface area contributed by atoms with Gasteiger partial charge < -0.3 is 25.0 Å². The van der Waals surface area contributed by atoms with E-state index in [4.69, 9.17) is 4.74 Å². The number of H-pyrrole nitrogens is 1. The average molecular weight is 381 g/mol. The number of hydrogen-bond acceptors (Lipinski definition) is 5. The maximum Gasteiger partial charge on any atom is 0.253 e. The number of carbonyl (C=O) groups excluding carboxylic acids is 2. The minimum atomic E-state index is -1.06. The summed E-state index contributed by atoms with van der Waals surface area (Å²) in [7, 11) is 0. The zero-order valence-corrected chi connectivity index (χ0v) is 16.1. The number of thioether (sulfide) groups is 1. The van der Waals surface area contributed by atoms with Crippen LogP contribution in [0.25, 0.3) is 0 Å². The number of rotatable bonds is 4. The van der Waals surface area contributed by atoms with Crippen molar-refractivity contribution in [1.82, 2.24) is 15.2 Å². The molecule has 2 saturated heterocycles. The summed E-state index contributed by atoms with van der Waals surface area (Å²) >= 11 is 1.53. The topological polar surface area (TPSA) is 94.7 Å². The van der Waals surface area contributed by atoms with Gasteiger partial charge in [0.05, 0.1) is 35.2 Å². The highest BCUT2D eigenvalue weighted by Crippen LogP contribution is 2.39. The first-order valence-corrected chi connectivity index (χ1v) is 10.3. The van der Waals surface area contributed by atoms with Gasteiger partial charge in [0.15, 0.2) is 0 Å². The Morgan fingerprint density at radius 3 is 2.77 bits per heavy atom. The van der Waals surface area contributed by atoms with Gasteiger partial charge in [-0.1, -0.05) is 0 Å². The van der Waals surface area contributed by atoms with E-state index in [1.165, 1.54) is 11.8 Å². The molecule has 1 spiro atoms. The molecule has 144 valence electrons. The molecule has 2 aliphatic heterocycles. The van der Waals surface area contributed by atoms with Crippen LogP contribution in [-0.4, -0.2) is 75.8 Å². The standard InChI is InChI=1S/C18H27N3O4S/c1-17(24)12-18(4-7-21(8-5-18)15(22)11-26-2)25-10-14(17)20-16(23)13-3-6-19-9-13/h3,6,9,14,19,24H,4-5,7-8,10-12H2,1-2H3,(H,20,23)/t14-,17-/m0/s1. The van der Waals surface area contributed by atoms with Crippen LogP contribution in [-0.2, 0) is 9.53 Å². The van der Waals surface area contributed by atoms with Gasteiger partial charge in [0.1, 0.15) is 0 Å². The van der Waals surface area contributed by atoms with E-state index < -0.39 is 17.2 Å².